The first-order chi connectivity index (χ1) is 6.64. The molecule has 0 fully saturated rings. The van der Waals surface area contributed by atoms with Crippen molar-refractivity contribution in [3.63, 3.8) is 0 Å². The lowest BCUT2D eigenvalue weighted by atomic mass is 9.86. The van der Waals surface area contributed by atoms with Gasteiger partial charge in [-0.2, -0.15) is 0 Å². The predicted octanol–water partition coefficient (Wildman–Crippen LogP) is 2.92. The Hall–Kier alpha value is -1.18. The Morgan fingerprint density at radius 2 is 2.29 bits per heavy atom. The molecule has 1 unspecified atom stereocenters. The number of fused-ring (bicyclic) bond motifs is 1. The molecule has 0 amide bonds. The SMILES string of the molecule is CCC1(C)CCc2cccc(O)c2N1. The van der Waals surface area contributed by atoms with Gasteiger partial charge < -0.3 is 10.4 Å². The summed E-state index contributed by atoms with van der Waals surface area (Å²) in [6.45, 7) is 4.39. The normalized spacial score (nSPS) is 25.3. The van der Waals surface area contributed by atoms with E-state index in [9.17, 15) is 5.11 Å². The maximum atomic E-state index is 9.72. The fourth-order valence-electron chi connectivity index (χ4n) is 1.98. The summed E-state index contributed by atoms with van der Waals surface area (Å²) in [7, 11) is 0. The molecule has 1 aliphatic rings. The Balaban J connectivity index is 2.38. The number of aryl methyl sites for hydroxylation is 1. The fourth-order valence-corrected chi connectivity index (χ4v) is 1.98. The van der Waals surface area contributed by atoms with Crippen molar-refractivity contribution in [1.29, 1.82) is 0 Å². The Kier molecular flexibility index (Phi) is 2.14. The molecule has 0 spiro atoms. The average molecular weight is 191 g/mol. The maximum Gasteiger partial charge on any atom is 0.138 e. The third kappa shape index (κ3) is 1.45. The van der Waals surface area contributed by atoms with E-state index in [1.807, 2.05) is 6.07 Å². The minimum absolute atomic E-state index is 0.145. The molecule has 1 aromatic rings. The van der Waals surface area contributed by atoms with Crippen LogP contribution in [-0.2, 0) is 6.42 Å². The summed E-state index contributed by atoms with van der Waals surface area (Å²) in [5.74, 6) is 0.377. The van der Waals surface area contributed by atoms with Gasteiger partial charge in [-0.15, -0.1) is 0 Å². The molecule has 1 heterocycles. The van der Waals surface area contributed by atoms with Gasteiger partial charge in [-0.25, -0.2) is 0 Å². The predicted molar refractivity (Wildman–Crippen MR) is 58.7 cm³/mol. The molecule has 76 valence electrons. The number of para-hydroxylation sites is 1. The van der Waals surface area contributed by atoms with E-state index < -0.39 is 0 Å². The first kappa shape index (κ1) is 9.38. The summed E-state index contributed by atoms with van der Waals surface area (Å²) in [6.07, 6.45) is 3.28. The van der Waals surface area contributed by atoms with E-state index >= 15 is 0 Å². The molecule has 0 aliphatic carbocycles. The summed E-state index contributed by atoms with van der Waals surface area (Å²) < 4.78 is 0. The van der Waals surface area contributed by atoms with Crippen LogP contribution in [0.1, 0.15) is 32.3 Å². The summed E-state index contributed by atoms with van der Waals surface area (Å²) >= 11 is 0. The summed E-state index contributed by atoms with van der Waals surface area (Å²) in [5.41, 5.74) is 2.31. The molecule has 2 rings (SSSR count). The van der Waals surface area contributed by atoms with E-state index in [0.29, 0.717) is 5.75 Å². The van der Waals surface area contributed by atoms with Crippen LogP contribution in [0, 0.1) is 0 Å². The number of phenolic OH excluding ortho intramolecular Hbond substituents is 1. The molecule has 14 heavy (non-hydrogen) atoms. The Bertz CT molecular complexity index is 348. The standard InChI is InChI=1S/C12H17NO/c1-3-12(2)8-7-9-5-4-6-10(14)11(9)13-12/h4-6,13-14H,3,7-8H2,1-2H3. The number of hydrogen-bond acceptors (Lipinski definition) is 2. The Labute approximate surface area is 85.0 Å². The number of nitrogens with one attached hydrogen (secondary N) is 1. The van der Waals surface area contributed by atoms with Gasteiger partial charge in [0.2, 0.25) is 0 Å². The molecule has 2 N–H and O–H groups in total. The highest BCUT2D eigenvalue weighted by Gasteiger charge is 2.28. The highest BCUT2D eigenvalue weighted by molar-refractivity contribution is 5.64. The quantitative estimate of drug-likeness (QED) is 0.669. The average Bonchev–Trinajstić information content (AvgIpc) is 2.20. The van der Waals surface area contributed by atoms with Crippen LogP contribution in [0.15, 0.2) is 18.2 Å². The molecule has 2 heteroatoms. The van der Waals surface area contributed by atoms with E-state index in [1.54, 1.807) is 6.07 Å². The van der Waals surface area contributed by atoms with Gasteiger partial charge >= 0.3 is 0 Å². The first-order valence-electron chi connectivity index (χ1n) is 5.24. The second kappa shape index (κ2) is 3.19. The van der Waals surface area contributed by atoms with Crippen LogP contribution in [0.5, 0.6) is 5.75 Å². The van der Waals surface area contributed by atoms with Crippen molar-refractivity contribution in [2.75, 3.05) is 5.32 Å². The van der Waals surface area contributed by atoms with Gasteiger partial charge in [-0.3, -0.25) is 0 Å². The summed E-state index contributed by atoms with van der Waals surface area (Å²) in [4.78, 5) is 0. The second-order valence-corrected chi connectivity index (χ2v) is 4.35. The van der Waals surface area contributed by atoms with Gasteiger partial charge in [-0.1, -0.05) is 19.1 Å². The van der Waals surface area contributed by atoms with Crippen LogP contribution in [0.3, 0.4) is 0 Å². The van der Waals surface area contributed by atoms with Crippen LogP contribution < -0.4 is 5.32 Å². The zero-order chi connectivity index (χ0) is 10.2. The van der Waals surface area contributed by atoms with Crippen molar-refractivity contribution in [2.24, 2.45) is 0 Å². The minimum atomic E-state index is 0.145. The van der Waals surface area contributed by atoms with Gasteiger partial charge in [0, 0.05) is 5.54 Å². The first-order valence-corrected chi connectivity index (χ1v) is 5.24. The third-order valence-corrected chi connectivity index (χ3v) is 3.28. The molecule has 0 saturated carbocycles. The number of anilines is 1. The maximum absolute atomic E-state index is 9.72. The third-order valence-electron chi connectivity index (χ3n) is 3.28. The topological polar surface area (TPSA) is 32.3 Å². The van der Waals surface area contributed by atoms with Crippen LogP contribution in [0.2, 0.25) is 0 Å². The minimum Gasteiger partial charge on any atom is -0.506 e. The second-order valence-electron chi connectivity index (χ2n) is 4.35. The molecule has 0 bridgehead atoms. The van der Waals surface area contributed by atoms with Gasteiger partial charge in [0.05, 0.1) is 5.69 Å². The van der Waals surface area contributed by atoms with Crippen molar-refractivity contribution in [3.05, 3.63) is 23.8 Å². The Morgan fingerprint density at radius 1 is 1.50 bits per heavy atom. The van der Waals surface area contributed by atoms with E-state index in [4.69, 9.17) is 0 Å². The molecule has 1 aliphatic heterocycles. The number of benzene rings is 1. The number of aromatic hydroxyl groups is 1. The smallest absolute Gasteiger partial charge is 0.138 e. The highest BCUT2D eigenvalue weighted by atomic mass is 16.3. The highest BCUT2D eigenvalue weighted by Crippen LogP contribution is 2.37. The number of rotatable bonds is 1. The molecule has 2 nitrogen and oxygen atoms in total. The molecule has 1 aromatic carbocycles. The fraction of sp³-hybridized carbons (Fsp3) is 0.500. The van der Waals surface area contributed by atoms with Gasteiger partial charge in [0.25, 0.3) is 0 Å². The Morgan fingerprint density at radius 3 is 3.00 bits per heavy atom. The van der Waals surface area contributed by atoms with E-state index in [-0.39, 0.29) is 5.54 Å². The monoisotopic (exact) mass is 191 g/mol. The van der Waals surface area contributed by atoms with Crippen molar-refractivity contribution < 1.29 is 5.11 Å². The molecular formula is C12H17NO. The number of phenols is 1. The lowest BCUT2D eigenvalue weighted by Crippen LogP contribution is -2.37. The molecule has 0 radical (unpaired) electrons. The van der Waals surface area contributed by atoms with Crippen molar-refractivity contribution >= 4 is 5.69 Å². The molecule has 0 saturated heterocycles. The molecule has 1 atom stereocenters. The zero-order valence-corrected chi connectivity index (χ0v) is 8.80. The van der Waals surface area contributed by atoms with Gasteiger partial charge in [-0.05, 0) is 37.8 Å². The van der Waals surface area contributed by atoms with Crippen molar-refractivity contribution in [3.8, 4) is 5.75 Å². The van der Waals surface area contributed by atoms with Crippen LogP contribution >= 0.6 is 0 Å². The van der Waals surface area contributed by atoms with Crippen molar-refractivity contribution in [2.45, 2.75) is 38.6 Å². The number of hydrogen-bond donors (Lipinski definition) is 2. The van der Waals surface area contributed by atoms with Crippen LogP contribution in [0.25, 0.3) is 0 Å². The summed E-state index contributed by atoms with van der Waals surface area (Å²) in [5, 5.41) is 13.2. The summed E-state index contributed by atoms with van der Waals surface area (Å²) in [6, 6.07) is 5.73. The largest absolute Gasteiger partial charge is 0.506 e. The van der Waals surface area contributed by atoms with Crippen molar-refractivity contribution in [1.82, 2.24) is 0 Å². The van der Waals surface area contributed by atoms with Gasteiger partial charge in [0.15, 0.2) is 0 Å². The zero-order valence-electron chi connectivity index (χ0n) is 8.80. The van der Waals surface area contributed by atoms with E-state index in [2.05, 4.69) is 25.2 Å². The van der Waals surface area contributed by atoms with Crippen LogP contribution in [0.4, 0.5) is 5.69 Å². The molecule has 0 aromatic heterocycles. The lowest BCUT2D eigenvalue weighted by Gasteiger charge is -2.36. The lowest BCUT2D eigenvalue weighted by molar-refractivity contribution is 0.428. The van der Waals surface area contributed by atoms with Crippen LogP contribution in [-0.4, -0.2) is 10.6 Å². The van der Waals surface area contributed by atoms with Gasteiger partial charge in [0.1, 0.15) is 5.75 Å². The van der Waals surface area contributed by atoms with E-state index in [0.717, 1.165) is 24.9 Å². The molecular weight excluding hydrogens is 174 g/mol. The van der Waals surface area contributed by atoms with E-state index in [1.165, 1.54) is 5.56 Å².